The number of ether oxygens (including phenoxy) is 1. The van der Waals surface area contributed by atoms with Gasteiger partial charge in [0.15, 0.2) is 0 Å². The Hall–Kier alpha value is -3.29. The molecule has 3 aliphatic rings. The van der Waals surface area contributed by atoms with E-state index >= 15 is 0 Å². The number of nitrogens with one attached hydrogen (secondary N) is 1. The number of fused-ring (bicyclic) bond motifs is 1. The first-order valence-corrected chi connectivity index (χ1v) is 14.2. The maximum absolute atomic E-state index is 13.0. The van der Waals surface area contributed by atoms with Gasteiger partial charge < -0.3 is 9.64 Å². The highest BCUT2D eigenvalue weighted by Gasteiger charge is 2.40. The molecule has 13 heteroatoms. The van der Waals surface area contributed by atoms with Crippen molar-refractivity contribution in [2.75, 3.05) is 31.9 Å². The molecule has 3 aliphatic heterocycles. The Balaban J connectivity index is 1.13. The Bertz CT molecular complexity index is 1310. The van der Waals surface area contributed by atoms with Gasteiger partial charge in [-0.05, 0) is 29.7 Å². The van der Waals surface area contributed by atoms with E-state index in [9.17, 15) is 31.8 Å². The Labute approximate surface area is 231 Å². The van der Waals surface area contributed by atoms with Crippen LogP contribution in [-0.4, -0.2) is 80.2 Å². The fraction of sp³-hybridized carbons (Fsp3) is 0.444. The van der Waals surface area contributed by atoms with Gasteiger partial charge in [0.05, 0.1) is 6.54 Å². The molecule has 214 valence electrons. The van der Waals surface area contributed by atoms with E-state index in [1.807, 2.05) is 24.3 Å². The van der Waals surface area contributed by atoms with Gasteiger partial charge in [0.25, 0.3) is 5.91 Å². The highest BCUT2D eigenvalue weighted by Crippen LogP contribution is 2.34. The van der Waals surface area contributed by atoms with Gasteiger partial charge in [-0.15, -0.1) is 0 Å². The van der Waals surface area contributed by atoms with Crippen molar-refractivity contribution in [3.05, 3.63) is 64.7 Å². The van der Waals surface area contributed by atoms with Gasteiger partial charge in [-0.3, -0.25) is 24.6 Å². The molecule has 2 aromatic rings. The standard InChI is InChI=1S/C27H29F3N4O5S/c28-27(29,30)17-40(38)33-12-10-32(11-13-33)14-18-4-6-19(7-5-18)16-39-23-3-1-2-20-21(23)15-34(26(20)37)22-8-9-24(35)31-25(22)36/h1-7,22H,8-17H2,(H,31,35,36). The van der Waals surface area contributed by atoms with Gasteiger partial charge in [-0.2, -0.15) is 13.2 Å². The van der Waals surface area contributed by atoms with Crippen LogP contribution in [0.15, 0.2) is 42.5 Å². The molecule has 0 aromatic heterocycles. The molecule has 40 heavy (non-hydrogen) atoms. The first kappa shape index (κ1) is 28.2. The van der Waals surface area contributed by atoms with Crippen LogP contribution in [0.2, 0.25) is 0 Å². The molecule has 2 unspecified atom stereocenters. The van der Waals surface area contributed by atoms with Gasteiger partial charge >= 0.3 is 6.18 Å². The van der Waals surface area contributed by atoms with Crippen LogP contribution in [0.3, 0.4) is 0 Å². The summed E-state index contributed by atoms with van der Waals surface area (Å²) in [6.07, 6.45) is -3.96. The second kappa shape index (κ2) is 11.7. The molecule has 3 heterocycles. The molecule has 0 radical (unpaired) electrons. The van der Waals surface area contributed by atoms with Crippen molar-refractivity contribution in [1.82, 2.24) is 19.4 Å². The minimum absolute atomic E-state index is 0.189. The normalized spacial score (nSPS) is 21.3. The van der Waals surface area contributed by atoms with Crippen molar-refractivity contribution in [1.29, 1.82) is 0 Å². The molecular formula is C27H29F3N4O5S. The first-order valence-electron chi connectivity index (χ1n) is 13.0. The van der Waals surface area contributed by atoms with Gasteiger partial charge in [0.2, 0.25) is 11.8 Å². The van der Waals surface area contributed by atoms with Gasteiger partial charge in [0, 0.05) is 50.3 Å². The van der Waals surface area contributed by atoms with E-state index in [1.54, 1.807) is 18.2 Å². The Kier molecular flexibility index (Phi) is 8.24. The van der Waals surface area contributed by atoms with Crippen molar-refractivity contribution < 1.29 is 36.5 Å². The van der Waals surface area contributed by atoms with E-state index < -0.39 is 34.9 Å². The number of piperazine rings is 1. The van der Waals surface area contributed by atoms with Crippen molar-refractivity contribution >= 4 is 28.7 Å². The van der Waals surface area contributed by atoms with Gasteiger partial charge in [-0.1, -0.05) is 30.3 Å². The van der Waals surface area contributed by atoms with E-state index in [-0.39, 0.29) is 31.4 Å². The highest BCUT2D eigenvalue weighted by atomic mass is 32.2. The number of alkyl halides is 3. The van der Waals surface area contributed by atoms with E-state index in [4.69, 9.17) is 4.74 Å². The summed E-state index contributed by atoms with van der Waals surface area (Å²) in [7, 11) is -2.05. The Morgan fingerprint density at radius 1 is 0.975 bits per heavy atom. The maximum atomic E-state index is 13.0. The summed E-state index contributed by atoms with van der Waals surface area (Å²) < 4.78 is 56.9. The highest BCUT2D eigenvalue weighted by molar-refractivity contribution is 7.82. The molecule has 2 saturated heterocycles. The molecular weight excluding hydrogens is 549 g/mol. The molecule has 5 rings (SSSR count). The fourth-order valence-electron chi connectivity index (χ4n) is 5.18. The van der Waals surface area contributed by atoms with E-state index in [1.165, 1.54) is 9.21 Å². The number of nitrogens with zero attached hydrogens (tertiary/aromatic N) is 3. The number of imide groups is 1. The molecule has 2 atom stereocenters. The molecule has 1 N–H and O–H groups in total. The molecule has 2 aromatic carbocycles. The summed E-state index contributed by atoms with van der Waals surface area (Å²) in [5.74, 6) is -1.80. The number of carbonyl (C=O) groups excluding carboxylic acids is 3. The minimum Gasteiger partial charge on any atom is -0.489 e. The summed E-state index contributed by atoms with van der Waals surface area (Å²) in [6, 6.07) is 12.4. The van der Waals surface area contributed by atoms with Crippen LogP contribution < -0.4 is 10.1 Å². The summed E-state index contributed by atoms with van der Waals surface area (Å²) in [4.78, 5) is 40.4. The van der Waals surface area contributed by atoms with Gasteiger partial charge in [0.1, 0.15) is 35.1 Å². The van der Waals surface area contributed by atoms with Crippen LogP contribution in [0.5, 0.6) is 5.75 Å². The second-order valence-corrected chi connectivity index (χ2v) is 11.5. The molecule has 9 nitrogen and oxygen atoms in total. The van der Waals surface area contributed by atoms with Crippen molar-refractivity contribution in [3.8, 4) is 5.75 Å². The first-order chi connectivity index (χ1) is 19.1. The number of carbonyl (C=O) groups is 3. The number of benzene rings is 2. The fourth-order valence-corrected chi connectivity index (χ4v) is 6.21. The lowest BCUT2D eigenvalue weighted by molar-refractivity contribution is -0.137. The lowest BCUT2D eigenvalue weighted by Crippen LogP contribution is -2.52. The molecule has 3 amide bonds. The van der Waals surface area contributed by atoms with E-state index in [0.29, 0.717) is 56.0 Å². The largest absolute Gasteiger partial charge is 0.489 e. The summed E-state index contributed by atoms with van der Waals surface area (Å²) in [5, 5.41) is 2.30. The zero-order chi connectivity index (χ0) is 28.4. The lowest BCUT2D eigenvalue weighted by Gasteiger charge is -2.33. The topological polar surface area (TPSA) is 99.3 Å². The number of hydrogen-bond acceptors (Lipinski definition) is 6. The summed E-state index contributed by atoms with van der Waals surface area (Å²) >= 11 is 0. The third-order valence-corrected chi connectivity index (χ3v) is 8.78. The van der Waals surface area contributed by atoms with Crippen LogP contribution in [0.1, 0.15) is 39.9 Å². The average Bonchev–Trinajstić information content (AvgIpc) is 3.24. The second-order valence-electron chi connectivity index (χ2n) is 10.1. The van der Waals surface area contributed by atoms with E-state index in [0.717, 1.165) is 11.1 Å². The van der Waals surface area contributed by atoms with Crippen molar-refractivity contribution in [2.24, 2.45) is 0 Å². The van der Waals surface area contributed by atoms with Crippen molar-refractivity contribution in [3.63, 3.8) is 0 Å². The third kappa shape index (κ3) is 6.53. The Morgan fingerprint density at radius 2 is 1.68 bits per heavy atom. The zero-order valence-electron chi connectivity index (χ0n) is 21.6. The summed E-state index contributed by atoms with van der Waals surface area (Å²) in [6.45, 7) is 2.83. The zero-order valence-corrected chi connectivity index (χ0v) is 22.4. The maximum Gasteiger partial charge on any atom is 0.401 e. The lowest BCUT2D eigenvalue weighted by atomic mass is 10.0. The number of rotatable bonds is 8. The van der Waals surface area contributed by atoms with Crippen LogP contribution in [0, 0.1) is 0 Å². The average molecular weight is 579 g/mol. The molecule has 0 saturated carbocycles. The monoisotopic (exact) mass is 578 g/mol. The van der Waals surface area contributed by atoms with Gasteiger partial charge in [-0.25, -0.2) is 8.51 Å². The smallest absolute Gasteiger partial charge is 0.401 e. The quantitative estimate of drug-likeness (QED) is 0.483. The predicted octanol–water partition coefficient (Wildman–Crippen LogP) is 2.37. The van der Waals surface area contributed by atoms with Crippen LogP contribution in [0.4, 0.5) is 13.2 Å². The number of piperidine rings is 1. The molecule has 0 aliphatic carbocycles. The van der Waals surface area contributed by atoms with Crippen molar-refractivity contribution in [2.45, 2.75) is 44.8 Å². The van der Waals surface area contributed by atoms with Crippen LogP contribution in [-0.2, 0) is 40.3 Å². The third-order valence-electron chi connectivity index (χ3n) is 7.27. The predicted molar refractivity (Wildman–Crippen MR) is 139 cm³/mol. The SMILES string of the molecule is O=C1CCC(N2Cc3c(OCc4ccc(CN5CCN(S(=O)CC(F)(F)F)CC5)cc4)cccc3C2=O)C(=O)N1. The summed E-state index contributed by atoms with van der Waals surface area (Å²) in [5.41, 5.74) is 3.16. The molecule has 0 spiro atoms. The number of amides is 3. The molecule has 2 fully saturated rings. The van der Waals surface area contributed by atoms with Crippen LogP contribution >= 0.6 is 0 Å². The van der Waals surface area contributed by atoms with Crippen LogP contribution in [0.25, 0.3) is 0 Å². The minimum atomic E-state index is -4.44. The molecule has 0 bridgehead atoms. The Morgan fingerprint density at radius 3 is 2.35 bits per heavy atom. The van der Waals surface area contributed by atoms with E-state index in [2.05, 4.69) is 10.2 Å². The number of halogens is 3. The number of hydrogen-bond donors (Lipinski definition) is 1.